The number of hydrogen-bond acceptors (Lipinski definition) is 7. The van der Waals surface area contributed by atoms with E-state index in [-0.39, 0.29) is 58.9 Å². The van der Waals surface area contributed by atoms with E-state index >= 15 is 0 Å². The Morgan fingerprint density at radius 3 is 2.23 bits per heavy atom. The summed E-state index contributed by atoms with van der Waals surface area (Å²) in [6, 6.07) is 10.1. The molecule has 0 spiro atoms. The van der Waals surface area contributed by atoms with E-state index in [1.54, 1.807) is 0 Å². The van der Waals surface area contributed by atoms with Gasteiger partial charge in [0.05, 0.1) is 30.3 Å². The Hall–Kier alpha value is -1.86. The molecular weight excluding hydrogens is 733 g/mol. The summed E-state index contributed by atoms with van der Waals surface area (Å²) in [7, 11) is -4.05. The van der Waals surface area contributed by atoms with Crippen molar-refractivity contribution in [3.05, 3.63) is 71.8 Å². The van der Waals surface area contributed by atoms with Crippen LogP contribution in [0.2, 0.25) is 36.3 Å². The summed E-state index contributed by atoms with van der Waals surface area (Å²) in [5.41, 5.74) is 1.40. The van der Waals surface area contributed by atoms with Gasteiger partial charge in [0.25, 0.3) is 0 Å². The van der Waals surface area contributed by atoms with E-state index < -0.39 is 34.6 Å². The van der Waals surface area contributed by atoms with E-state index in [0.717, 1.165) is 24.0 Å². The van der Waals surface area contributed by atoms with Crippen LogP contribution in [0.4, 0.5) is 0 Å². The lowest BCUT2D eigenvalue weighted by Gasteiger charge is -2.40. The Morgan fingerprint density at radius 1 is 0.982 bits per heavy atom. The predicted molar refractivity (Wildman–Crippen MR) is 235 cm³/mol. The molecule has 7 nitrogen and oxygen atoms in total. The van der Waals surface area contributed by atoms with Gasteiger partial charge in [-0.25, -0.2) is 0 Å². The maximum absolute atomic E-state index is 13.8. The highest BCUT2D eigenvalue weighted by Gasteiger charge is 2.49. The molecule has 4 rings (SSSR count). The summed E-state index contributed by atoms with van der Waals surface area (Å²) in [4.78, 5) is 13.8. The van der Waals surface area contributed by atoms with Crippen LogP contribution in [-0.4, -0.2) is 64.8 Å². The molecule has 316 valence electrons. The fraction of sp³-hybridized carbons (Fsp3) is 0.723. The molecule has 0 saturated carbocycles. The third-order valence-corrected chi connectivity index (χ3v) is 22.5. The molecule has 2 fully saturated rings. The quantitative estimate of drug-likeness (QED) is 0.0645. The largest absolute Gasteiger partial charge is 0.457 e. The molecule has 0 aliphatic carbocycles. The highest BCUT2D eigenvalue weighted by Crippen LogP contribution is 2.45. The summed E-state index contributed by atoms with van der Waals surface area (Å²) in [6.07, 6.45) is 13.5. The van der Waals surface area contributed by atoms with E-state index in [9.17, 15) is 4.79 Å². The second kappa shape index (κ2) is 18.6. The maximum atomic E-state index is 13.8. The molecule has 1 aromatic rings. The molecule has 0 bridgehead atoms. The van der Waals surface area contributed by atoms with Crippen LogP contribution in [0.25, 0.3) is 0 Å². The molecule has 9 heteroatoms. The predicted octanol–water partition coefficient (Wildman–Crippen LogP) is 12.3. The van der Waals surface area contributed by atoms with Crippen molar-refractivity contribution in [2.75, 3.05) is 0 Å². The van der Waals surface area contributed by atoms with Gasteiger partial charge in [-0.05, 0) is 87.3 Å². The number of epoxide rings is 1. The summed E-state index contributed by atoms with van der Waals surface area (Å²) >= 11 is 0. The molecule has 3 aliphatic rings. The fourth-order valence-corrected chi connectivity index (χ4v) is 10.4. The van der Waals surface area contributed by atoms with Crippen LogP contribution in [0, 0.1) is 17.8 Å². The second-order valence-corrected chi connectivity index (χ2v) is 30.0. The number of cyclic esters (lactones) is 1. The molecular formula is C47H78O7Si2. The number of carbonyl (C=O) groups excluding carboxylic acids is 1. The zero-order chi connectivity index (χ0) is 41.9. The Balaban J connectivity index is 1.49. The minimum absolute atomic E-state index is 0.00279. The molecule has 3 aliphatic heterocycles. The molecule has 0 N–H and O–H groups in total. The molecule has 0 amide bonds. The van der Waals surface area contributed by atoms with Crippen molar-refractivity contribution in [1.82, 2.24) is 0 Å². The highest BCUT2D eigenvalue weighted by atomic mass is 28.4. The summed E-state index contributed by atoms with van der Waals surface area (Å²) in [5, 5.41) is 0.186. The first-order valence-electron chi connectivity index (χ1n) is 21.5. The van der Waals surface area contributed by atoms with Crippen molar-refractivity contribution in [3.63, 3.8) is 0 Å². The number of carbonyl (C=O) groups is 1. The smallest absolute Gasteiger partial charge is 0.308 e. The van der Waals surface area contributed by atoms with Crippen molar-refractivity contribution in [2.24, 2.45) is 17.8 Å². The Bertz CT molecular complexity index is 1520. The van der Waals surface area contributed by atoms with E-state index in [1.165, 1.54) is 0 Å². The molecule has 0 aromatic heterocycles. The van der Waals surface area contributed by atoms with Crippen LogP contribution in [0.1, 0.15) is 127 Å². The Labute approximate surface area is 343 Å². The third kappa shape index (κ3) is 12.1. The van der Waals surface area contributed by atoms with Crippen molar-refractivity contribution in [2.45, 2.75) is 200 Å². The van der Waals surface area contributed by atoms with Gasteiger partial charge < -0.3 is 27.8 Å². The normalized spacial score (nSPS) is 32.2. The molecule has 3 heterocycles. The van der Waals surface area contributed by atoms with Crippen molar-refractivity contribution in [1.29, 1.82) is 0 Å². The zero-order valence-corrected chi connectivity index (χ0v) is 39.9. The summed E-state index contributed by atoms with van der Waals surface area (Å²) in [6.45, 7) is 35.9. The van der Waals surface area contributed by atoms with Crippen LogP contribution in [0.15, 0.2) is 66.3 Å². The van der Waals surface area contributed by atoms with Crippen molar-refractivity contribution < 1.29 is 32.6 Å². The first-order valence-corrected chi connectivity index (χ1v) is 27.3. The lowest BCUT2D eigenvalue weighted by molar-refractivity contribution is -0.151. The maximum Gasteiger partial charge on any atom is 0.308 e. The van der Waals surface area contributed by atoms with Gasteiger partial charge >= 0.3 is 5.97 Å². The van der Waals surface area contributed by atoms with Crippen LogP contribution in [-0.2, 0) is 32.6 Å². The molecule has 1 unspecified atom stereocenters. The van der Waals surface area contributed by atoms with Gasteiger partial charge in [0, 0.05) is 23.5 Å². The van der Waals surface area contributed by atoms with E-state index in [2.05, 4.69) is 140 Å². The Kier molecular flexibility index (Phi) is 15.6. The van der Waals surface area contributed by atoms with Crippen LogP contribution >= 0.6 is 0 Å². The van der Waals surface area contributed by atoms with Gasteiger partial charge in [0.2, 0.25) is 0 Å². The third-order valence-electron chi connectivity index (χ3n) is 13.5. The fourth-order valence-electron chi connectivity index (χ4n) is 7.51. The summed E-state index contributed by atoms with van der Waals surface area (Å²) < 4.78 is 39.8. The van der Waals surface area contributed by atoms with Crippen molar-refractivity contribution in [3.8, 4) is 0 Å². The van der Waals surface area contributed by atoms with Gasteiger partial charge in [-0.3, -0.25) is 4.79 Å². The van der Waals surface area contributed by atoms with E-state index in [1.807, 2.05) is 30.3 Å². The minimum Gasteiger partial charge on any atom is -0.457 e. The number of fused-ring (bicyclic) bond motifs is 1. The van der Waals surface area contributed by atoms with Gasteiger partial charge in [-0.1, -0.05) is 130 Å². The van der Waals surface area contributed by atoms with Gasteiger partial charge in [0.15, 0.2) is 22.9 Å². The second-order valence-electron chi connectivity index (χ2n) is 20.5. The van der Waals surface area contributed by atoms with Gasteiger partial charge in [-0.2, -0.15) is 0 Å². The number of ether oxygens (including phenoxy) is 4. The molecule has 0 radical (unpaired) electrons. The summed E-state index contributed by atoms with van der Waals surface area (Å²) in [5.74, 6) is 0.372. The van der Waals surface area contributed by atoms with Crippen LogP contribution in [0.5, 0.6) is 0 Å². The average Bonchev–Trinajstić information content (AvgIpc) is 3.78. The number of allylic oxidation sites excluding steroid dienone is 3. The monoisotopic (exact) mass is 811 g/mol. The zero-order valence-electron chi connectivity index (χ0n) is 37.9. The van der Waals surface area contributed by atoms with Crippen LogP contribution in [0.3, 0.4) is 0 Å². The lowest BCUT2D eigenvalue weighted by atomic mass is 9.89. The number of esters is 1. The van der Waals surface area contributed by atoms with Gasteiger partial charge in [0.1, 0.15) is 12.2 Å². The topological polar surface area (TPSA) is 75.8 Å². The standard InChI is InChI=1S/C47H78O7Si2/c1-17-38(54-56(15,16)46(9,10)11)35(5)43-39(49-43)30-32(2)22-21-23-33(3)42-34(4)26-27-40-47(12,52-44(50-40)36-24-19-18-20-25-36)29-28-37(31-41(48)51-42)53-55(13,14)45(6,7)8/h18-27,32,34-35,37-40,42-44H,17,28-31H2,1-16H3/b22-21+,27-26+,33-23+/t32-,34+,35-,37-,38+,39+,40+,42-,43-,44?,47-/m1/s1. The molecule has 2 saturated heterocycles. The number of rotatable bonds is 13. The molecule has 1 aromatic carbocycles. The Morgan fingerprint density at radius 2 is 1.62 bits per heavy atom. The molecule has 56 heavy (non-hydrogen) atoms. The first kappa shape index (κ1) is 46.8. The number of hydrogen-bond donors (Lipinski definition) is 0. The first-order chi connectivity index (χ1) is 25.9. The average molecular weight is 811 g/mol. The van der Waals surface area contributed by atoms with Crippen LogP contribution < -0.4 is 0 Å². The van der Waals surface area contributed by atoms with E-state index in [4.69, 9.17) is 27.8 Å². The van der Waals surface area contributed by atoms with E-state index in [0.29, 0.717) is 24.7 Å². The highest BCUT2D eigenvalue weighted by molar-refractivity contribution is 6.74. The molecule has 11 atom stereocenters. The lowest BCUT2D eigenvalue weighted by Crippen LogP contribution is -2.46. The minimum atomic E-state index is -2.19. The van der Waals surface area contributed by atoms with Crippen molar-refractivity contribution >= 4 is 22.6 Å². The van der Waals surface area contributed by atoms with Gasteiger partial charge in [-0.15, -0.1) is 0 Å². The SMILES string of the molecule is CC[C@H](O[Si](C)(C)C(C)(C)C)[C@@H](C)[C@H]1O[C@H]1C[C@H](C)/C=C/C=C(\C)[C@H]1OC(=O)C[C@H](O[Si](C)(C)C(C)(C)C)CC[C@@]2(C)OC(c3ccccc3)O[C@H]2/C=C/[C@@H]1C. The number of benzene rings is 1.